The fourth-order valence-corrected chi connectivity index (χ4v) is 5.30. The second-order valence-corrected chi connectivity index (χ2v) is 11.8. The molecule has 8 nitrogen and oxygen atoms in total. The highest BCUT2D eigenvalue weighted by molar-refractivity contribution is 7.92. The van der Waals surface area contributed by atoms with E-state index in [1.54, 1.807) is 24.3 Å². The lowest BCUT2D eigenvalue weighted by Crippen LogP contribution is -2.50. The molecule has 1 unspecified atom stereocenters. The number of hydrogen-bond donors (Lipinski definition) is 3. The van der Waals surface area contributed by atoms with Gasteiger partial charge < -0.3 is 15.4 Å². The van der Waals surface area contributed by atoms with E-state index in [1.165, 1.54) is 5.56 Å². The van der Waals surface area contributed by atoms with Crippen LogP contribution in [0.3, 0.4) is 0 Å². The molecule has 39 heavy (non-hydrogen) atoms. The largest absolute Gasteiger partial charge is 0.457 e. The number of carbonyl (C=O) groups is 1. The Morgan fingerprint density at radius 1 is 0.923 bits per heavy atom. The Morgan fingerprint density at radius 2 is 1.54 bits per heavy atom. The van der Waals surface area contributed by atoms with Gasteiger partial charge in [-0.15, -0.1) is 0 Å². The number of piperidine rings is 1. The first-order valence-corrected chi connectivity index (χ1v) is 15.4. The zero-order chi connectivity index (χ0) is 27.7. The first-order valence-electron chi connectivity index (χ1n) is 13.5. The van der Waals surface area contributed by atoms with Gasteiger partial charge in [0.05, 0.1) is 12.3 Å². The summed E-state index contributed by atoms with van der Waals surface area (Å²) in [4.78, 5) is 15.3. The molecule has 0 spiro atoms. The molecular formula is C30H38N4O4S. The number of benzene rings is 3. The van der Waals surface area contributed by atoms with Crippen molar-refractivity contribution >= 4 is 27.3 Å². The molecule has 1 heterocycles. The minimum atomic E-state index is -3.31. The summed E-state index contributed by atoms with van der Waals surface area (Å²) < 4.78 is 31.0. The Labute approximate surface area is 231 Å². The molecule has 4 rings (SSSR count). The first-order chi connectivity index (χ1) is 18.8. The van der Waals surface area contributed by atoms with Crippen LogP contribution in [0.4, 0.5) is 11.4 Å². The highest BCUT2D eigenvalue weighted by atomic mass is 32.2. The monoisotopic (exact) mass is 550 g/mol. The van der Waals surface area contributed by atoms with Crippen LogP contribution < -0.4 is 20.1 Å². The van der Waals surface area contributed by atoms with E-state index in [0.717, 1.165) is 63.0 Å². The van der Waals surface area contributed by atoms with Gasteiger partial charge in [0.25, 0.3) is 0 Å². The molecule has 0 aromatic heterocycles. The predicted octanol–water partition coefficient (Wildman–Crippen LogP) is 5.21. The molecule has 1 saturated heterocycles. The van der Waals surface area contributed by atoms with Crippen molar-refractivity contribution in [2.75, 3.05) is 29.4 Å². The van der Waals surface area contributed by atoms with Gasteiger partial charge in [-0.2, -0.15) is 0 Å². The molecule has 3 N–H and O–H groups in total. The number of carbonyl (C=O) groups excluding carboxylic acids is 1. The first kappa shape index (κ1) is 28.6. The van der Waals surface area contributed by atoms with Crippen molar-refractivity contribution in [2.24, 2.45) is 0 Å². The van der Waals surface area contributed by atoms with Crippen LogP contribution in [0.25, 0.3) is 0 Å². The number of para-hydroxylation sites is 1. The molecule has 1 aliphatic rings. The van der Waals surface area contributed by atoms with E-state index in [-0.39, 0.29) is 11.9 Å². The standard InChI is InChI=1S/C30H38N4O4S/c1-3-7-29(30(35)32-24-8-5-4-6-9-24)31-25-18-20-34(21-19-25)22-23-10-14-27(15-11-23)38-28-16-12-26(13-17-28)33-39(2,36)37/h4-6,8-17,25,29,31,33H,3,7,18-22H2,1-2H3,(H,32,35). The van der Waals surface area contributed by atoms with Gasteiger partial charge in [-0.25, -0.2) is 8.42 Å². The van der Waals surface area contributed by atoms with Crippen molar-refractivity contribution in [3.8, 4) is 11.5 Å². The highest BCUT2D eigenvalue weighted by Crippen LogP contribution is 2.24. The quantitative estimate of drug-likeness (QED) is 0.286. The van der Waals surface area contributed by atoms with Crippen LogP contribution in [0.1, 0.15) is 38.2 Å². The molecule has 1 aliphatic heterocycles. The average Bonchev–Trinajstić information content (AvgIpc) is 2.91. The highest BCUT2D eigenvalue weighted by Gasteiger charge is 2.25. The molecule has 3 aromatic carbocycles. The fourth-order valence-electron chi connectivity index (χ4n) is 4.73. The molecule has 0 aliphatic carbocycles. The van der Waals surface area contributed by atoms with Crippen molar-refractivity contribution in [1.29, 1.82) is 0 Å². The van der Waals surface area contributed by atoms with Gasteiger partial charge in [-0.05, 0) is 86.4 Å². The molecule has 3 aromatic rings. The second-order valence-electron chi connectivity index (χ2n) is 10.1. The van der Waals surface area contributed by atoms with Crippen molar-refractivity contribution in [2.45, 2.75) is 51.2 Å². The zero-order valence-corrected chi connectivity index (χ0v) is 23.4. The van der Waals surface area contributed by atoms with Crippen LogP contribution in [0.2, 0.25) is 0 Å². The summed E-state index contributed by atoms with van der Waals surface area (Å²) in [5.41, 5.74) is 2.54. The molecule has 1 amide bonds. The molecule has 0 bridgehead atoms. The van der Waals surface area contributed by atoms with Gasteiger partial charge in [-0.3, -0.25) is 14.4 Å². The molecule has 0 radical (unpaired) electrons. The summed E-state index contributed by atoms with van der Waals surface area (Å²) in [6.45, 7) is 4.93. The Kier molecular flexibility index (Phi) is 9.97. The summed E-state index contributed by atoms with van der Waals surface area (Å²) in [6, 6.07) is 24.6. The van der Waals surface area contributed by atoms with Crippen molar-refractivity contribution in [3.05, 3.63) is 84.4 Å². The van der Waals surface area contributed by atoms with E-state index in [2.05, 4.69) is 39.3 Å². The summed E-state index contributed by atoms with van der Waals surface area (Å²) >= 11 is 0. The lowest BCUT2D eigenvalue weighted by molar-refractivity contribution is -0.118. The summed E-state index contributed by atoms with van der Waals surface area (Å²) in [5, 5.41) is 6.66. The van der Waals surface area contributed by atoms with Crippen LogP contribution in [-0.2, 0) is 21.4 Å². The van der Waals surface area contributed by atoms with E-state index >= 15 is 0 Å². The van der Waals surface area contributed by atoms with Crippen LogP contribution in [0.15, 0.2) is 78.9 Å². The van der Waals surface area contributed by atoms with E-state index in [4.69, 9.17) is 4.74 Å². The van der Waals surface area contributed by atoms with Crippen LogP contribution in [0.5, 0.6) is 11.5 Å². The van der Waals surface area contributed by atoms with E-state index in [9.17, 15) is 13.2 Å². The SMILES string of the molecule is CCCC(NC1CCN(Cc2ccc(Oc3ccc(NS(C)(=O)=O)cc3)cc2)CC1)C(=O)Nc1ccccc1. The molecule has 1 atom stereocenters. The number of amides is 1. The minimum Gasteiger partial charge on any atom is -0.457 e. The van der Waals surface area contributed by atoms with Gasteiger partial charge in [-0.1, -0.05) is 43.7 Å². The van der Waals surface area contributed by atoms with Gasteiger partial charge in [0, 0.05) is 24.0 Å². The fraction of sp³-hybridized carbons (Fsp3) is 0.367. The number of sulfonamides is 1. The average molecular weight is 551 g/mol. The van der Waals surface area contributed by atoms with Crippen molar-refractivity contribution in [1.82, 2.24) is 10.2 Å². The molecule has 1 fully saturated rings. The normalized spacial score (nSPS) is 15.4. The number of hydrogen-bond acceptors (Lipinski definition) is 6. The molecule has 0 saturated carbocycles. The number of likely N-dealkylation sites (tertiary alicyclic amines) is 1. The van der Waals surface area contributed by atoms with Crippen molar-refractivity contribution < 1.29 is 17.9 Å². The molecule has 208 valence electrons. The zero-order valence-electron chi connectivity index (χ0n) is 22.6. The van der Waals surface area contributed by atoms with Crippen LogP contribution >= 0.6 is 0 Å². The summed E-state index contributed by atoms with van der Waals surface area (Å²) in [7, 11) is -3.31. The van der Waals surface area contributed by atoms with Crippen LogP contribution in [-0.4, -0.2) is 50.7 Å². The Hall–Kier alpha value is -3.40. The second kappa shape index (κ2) is 13.6. The third-order valence-electron chi connectivity index (χ3n) is 6.68. The number of ether oxygens (including phenoxy) is 1. The Morgan fingerprint density at radius 3 is 2.13 bits per heavy atom. The number of anilines is 2. The van der Waals surface area contributed by atoms with Gasteiger partial charge in [0.2, 0.25) is 15.9 Å². The molecule has 9 heteroatoms. The molecular weight excluding hydrogens is 512 g/mol. The summed E-state index contributed by atoms with van der Waals surface area (Å²) in [5.74, 6) is 1.39. The van der Waals surface area contributed by atoms with Crippen LogP contribution in [0, 0.1) is 0 Å². The maximum Gasteiger partial charge on any atom is 0.241 e. The van der Waals surface area contributed by atoms with E-state index in [0.29, 0.717) is 17.5 Å². The van der Waals surface area contributed by atoms with Crippen molar-refractivity contribution in [3.63, 3.8) is 0 Å². The van der Waals surface area contributed by atoms with E-state index in [1.807, 2.05) is 42.5 Å². The van der Waals surface area contributed by atoms with Gasteiger partial charge >= 0.3 is 0 Å². The maximum atomic E-state index is 12.9. The topological polar surface area (TPSA) is 99.8 Å². The van der Waals surface area contributed by atoms with E-state index < -0.39 is 10.0 Å². The third kappa shape index (κ3) is 9.38. The summed E-state index contributed by atoms with van der Waals surface area (Å²) in [6.07, 6.45) is 4.89. The number of rotatable bonds is 12. The Balaban J connectivity index is 1.22. The predicted molar refractivity (Wildman–Crippen MR) is 157 cm³/mol. The lowest BCUT2D eigenvalue weighted by atomic mass is 10.0. The third-order valence-corrected chi connectivity index (χ3v) is 7.29. The maximum absolute atomic E-state index is 12.9. The smallest absolute Gasteiger partial charge is 0.241 e. The van der Waals surface area contributed by atoms with Gasteiger partial charge in [0.1, 0.15) is 11.5 Å². The lowest BCUT2D eigenvalue weighted by Gasteiger charge is -2.34. The Bertz CT molecular complexity index is 1290. The van der Waals surface area contributed by atoms with Gasteiger partial charge in [0.15, 0.2) is 0 Å². The number of nitrogens with one attached hydrogen (secondary N) is 3. The minimum absolute atomic E-state index is 0.0364. The number of nitrogens with zero attached hydrogens (tertiary/aromatic N) is 1.